The number of amides is 3. The Hall–Kier alpha value is -1.79. The number of nitrogens with zero attached hydrogens (tertiary/aromatic N) is 2. The summed E-state index contributed by atoms with van der Waals surface area (Å²) in [7, 11) is 0. The molecule has 0 bridgehead atoms. The predicted octanol–water partition coefficient (Wildman–Crippen LogP) is 0.359. The van der Waals surface area contributed by atoms with E-state index in [0.29, 0.717) is 26.2 Å². The summed E-state index contributed by atoms with van der Waals surface area (Å²) in [5.41, 5.74) is 0. The fraction of sp³-hybridized carbons (Fsp3) is 0.769. The summed E-state index contributed by atoms with van der Waals surface area (Å²) in [5.74, 6) is -0.866. The second-order valence-corrected chi connectivity index (χ2v) is 5.39. The van der Waals surface area contributed by atoms with E-state index in [4.69, 9.17) is 5.11 Å². The molecule has 0 aromatic carbocycles. The van der Waals surface area contributed by atoms with Gasteiger partial charge in [0, 0.05) is 39.1 Å². The van der Waals surface area contributed by atoms with Crippen molar-refractivity contribution in [1.82, 2.24) is 15.1 Å². The van der Waals surface area contributed by atoms with Crippen LogP contribution in [0.25, 0.3) is 0 Å². The summed E-state index contributed by atoms with van der Waals surface area (Å²) in [5, 5.41) is 11.6. The molecular formula is C13H23N3O4. The average Bonchev–Trinajstić information content (AvgIpc) is 2.37. The number of rotatable bonds is 4. The average molecular weight is 285 g/mol. The van der Waals surface area contributed by atoms with Crippen molar-refractivity contribution in [2.45, 2.75) is 33.2 Å². The molecule has 114 valence electrons. The molecule has 0 saturated carbocycles. The van der Waals surface area contributed by atoms with Crippen molar-refractivity contribution in [3.05, 3.63) is 0 Å². The highest BCUT2D eigenvalue weighted by molar-refractivity contribution is 5.77. The Kier molecular flexibility index (Phi) is 5.79. The van der Waals surface area contributed by atoms with Crippen molar-refractivity contribution in [2.75, 3.05) is 26.2 Å². The number of urea groups is 1. The molecule has 1 heterocycles. The van der Waals surface area contributed by atoms with E-state index in [9.17, 15) is 14.4 Å². The highest BCUT2D eigenvalue weighted by Gasteiger charge is 2.25. The summed E-state index contributed by atoms with van der Waals surface area (Å²) in [6.45, 7) is 7.26. The molecule has 1 aliphatic heterocycles. The topological polar surface area (TPSA) is 90.0 Å². The number of aliphatic carboxylic acids is 1. The first kappa shape index (κ1) is 16.3. The Morgan fingerprint density at radius 2 is 1.60 bits per heavy atom. The number of carboxylic acids is 1. The maximum absolute atomic E-state index is 12.1. The SMILES string of the molecule is CC(=O)N1CCN(C(=O)NC(CC(=O)O)C(C)C)CC1. The summed E-state index contributed by atoms with van der Waals surface area (Å²) >= 11 is 0. The van der Waals surface area contributed by atoms with Crippen LogP contribution >= 0.6 is 0 Å². The Balaban J connectivity index is 2.49. The third kappa shape index (κ3) is 4.71. The van der Waals surface area contributed by atoms with Gasteiger partial charge in [-0.05, 0) is 5.92 Å². The molecule has 0 radical (unpaired) electrons. The quantitative estimate of drug-likeness (QED) is 0.780. The number of carboxylic acid groups (broad SMARTS) is 1. The van der Waals surface area contributed by atoms with Crippen LogP contribution in [0.1, 0.15) is 27.2 Å². The second-order valence-electron chi connectivity index (χ2n) is 5.39. The van der Waals surface area contributed by atoms with E-state index in [1.54, 1.807) is 9.80 Å². The van der Waals surface area contributed by atoms with Crippen LogP contribution in [0.15, 0.2) is 0 Å². The molecule has 0 spiro atoms. The van der Waals surface area contributed by atoms with E-state index in [2.05, 4.69) is 5.32 Å². The molecule has 2 N–H and O–H groups in total. The highest BCUT2D eigenvalue weighted by atomic mass is 16.4. The van der Waals surface area contributed by atoms with Gasteiger partial charge in [0.25, 0.3) is 0 Å². The van der Waals surface area contributed by atoms with Crippen molar-refractivity contribution >= 4 is 17.9 Å². The largest absolute Gasteiger partial charge is 0.481 e. The fourth-order valence-electron chi connectivity index (χ4n) is 2.12. The van der Waals surface area contributed by atoms with Gasteiger partial charge in [-0.15, -0.1) is 0 Å². The van der Waals surface area contributed by atoms with Gasteiger partial charge in [-0.1, -0.05) is 13.8 Å². The molecule has 1 aliphatic rings. The van der Waals surface area contributed by atoms with Crippen LogP contribution in [-0.2, 0) is 9.59 Å². The number of nitrogens with one attached hydrogen (secondary N) is 1. The lowest BCUT2D eigenvalue weighted by Crippen LogP contribution is -2.55. The second kappa shape index (κ2) is 7.12. The number of piperazine rings is 1. The zero-order chi connectivity index (χ0) is 15.3. The molecule has 0 aromatic rings. The third-order valence-corrected chi connectivity index (χ3v) is 3.52. The first-order valence-corrected chi connectivity index (χ1v) is 6.84. The standard InChI is InChI=1S/C13H23N3O4/c1-9(2)11(8-12(18)19)14-13(20)16-6-4-15(5-7-16)10(3)17/h9,11H,4-8H2,1-3H3,(H,14,20)(H,18,19). The first-order valence-electron chi connectivity index (χ1n) is 6.84. The zero-order valence-corrected chi connectivity index (χ0v) is 12.3. The molecule has 1 rings (SSSR count). The van der Waals surface area contributed by atoms with Gasteiger partial charge in [0.1, 0.15) is 0 Å². The Morgan fingerprint density at radius 1 is 1.10 bits per heavy atom. The normalized spacial score (nSPS) is 17.0. The molecule has 0 aliphatic carbocycles. The Bertz CT molecular complexity index is 376. The number of hydrogen-bond donors (Lipinski definition) is 2. The Labute approximate surface area is 118 Å². The number of carbonyl (C=O) groups is 3. The number of carbonyl (C=O) groups excluding carboxylic acids is 2. The van der Waals surface area contributed by atoms with E-state index >= 15 is 0 Å². The molecule has 20 heavy (non-hydrogen) atoms. The molecule has 7 heteroatoms. The molecule has 1 fully saturated rings. The van der Waals surface area contributed by atoms with Crippen molar-refractivity contribution < 1.29 is 19.5 Å². The van der Waals surface area contributed by atoms with E-state index in [1.165, 1.54) is 6.92 Å². The van der Waals surface area contributed by atoms with Crippen molar-refractivity contribution in [3.8, 4) is 0 Å². The van der Waals surface area contributed by atoms with E-state index in [0.717, 1.165) is 0 Å². The lowest BCUT2D eigenvalue weighted by molar-refractivity contribution is -0.137. The van der Waals surface area contributed by atoms with Crippen LogP contribution in [0.2, 0.25) is 0 Å². The monoisotopic (exact) mass is 285 g/mol. The van der Waals surface area contributed by atoms with Crippen molar-refractivity contribution in [1.29, 1.82) is 0 Å². The predicted molar refractivity (Wildman–Crippen MR) is 73.2 cm³/mol. The van der Waals surface area contributed by atoms with Gasteiger partial charge in [-0.2, -0.15) is 0 Å². The lowest BCUT2D eigenvalue weighted by Gasteiger charge is -2.35. The molecule has 1 saturated heterocycles. The molecule has 1 atom stereocenters. The van der Waals surface area contributed by atoms with Gasteiger partial charge >= 0.3 is 12.0 Å². The van der Waals surface area contributed by atoms with Gasteiger partial charge in [0.05, 0.1) is 6.42 Å². The lowest BCUT2D eigenvalue weighted by atomic mass is 10.0. The minimum atomic E-state index is -0.926. The molecule has 0 aromatic heterocycles. The van der Waals surface area contributed by atoms with Gasteiger partial charge in [-0.3, -0.25) is 9.59 Å². The molecule has 1 unspecified atom stereocenters. The van der Waals surface area contributed by atoms with Crippen LogP contribution in [0, 0.1) is 5.92 Å². The summed E-state index contributed by atoms with van der Waals surface area (Å²) < 4.78 is 0. The third-order valence-electron chi connectivity index (χ3n) is 3.52. The summed E-state index contributed by atoms with van der Waals surface area (Å²) in [6.07, 6.45) is -0.0865. The van der Waals surface area contributed by atoms with Crippen LogP contribution < -0.4 is 5.32 Å². The van der Waals surface area contributed by atoms with Gasteiger partial charge in [0.15, 0.2) is 0 Å². The highest BCUT2D eigenvalue weighted by Crippen LogP contribution is 2.08. The molecular weight excluding hydrogens is 262 g/mol. The van der Waals surface area contributed by atoms with Crippen molar-refractivity contribution in [3.63, 3.8) is 0 Å². The summed E-state index contributed by atoms with van der Waals surface area (Å²) in [4.78, 5) is 37.4. The summed E-state index contributed by atoms with van der Waals surface area (Å²) in [6, 6.07) is -0.640. The maximum Gasteiger partial charge on any atom is 0.317 e. The zero-order valence-electron chi connectivity index (χ0n) is 12.3. The molecule has 3 amide bonds. The van der Waals surface area contributed by atoms with Gasteiger partial charge < -0.3 is 20.2 Å². The van der Waals surface area contributed by atoms with Crippen LogP contribution in [0.4, 0.5) is 4.79 Å². The van der Waals surface area contributed by atoms with E-state index < -0.39 is 5.97 Å². The van der Waals surface area contributed by atoms with Crippen molar-refractivity contribution in [2.24, 2.45) is 5.92 Å². The van der Waals surface area contributed by atoms with E-state index in [1.807, 2.05) is 13.8 Å². The maximum atomic E-state index is 12.1. The number of hydrogen-bond acceptors (Lipinski definition) is 3. The minimum Gasteiger partial charge on any atom is -0.481 e. The van der Waals surface area contributed by atoms with E-state index in [-0.39, 0.29) is 30.3 Å². The molecule has 7 nitrogen and oxygen atoms in total. The van der Waals surface area contributed by atoms with Gasteiger partial charge in [-0.25, -0.2) is 4.79 Å². The smallest absolute Gasteiger partial charge is 0.317 e. The fourth-order valence-corrected chi connectivity index (χ4v) is 2.12. The van der Waals surface area contributed by atoms with Crippen LogP contribution in [0.5, 0.6) is 0 Å². The van der Waals surface area contributed by atoms with Crippen LogP contribution in [-0.4, -0.2) is 65.0 Å². The Morgan fingerprint density at radius 3 is 2.00 bits per heavy atom. The minimum absolute atomic E-state index is 0.0102. The van der Waals surface area contributed by atoms with Gasteiger partial charge in [0.2, 0.25) is 5.91 Å². The first-order chi connectivity index (χ1) is 9.31. The van der Waals surface area contributed by atoms with Crippen LogP contribution in [0.3, 0.4) is 0 Å².